The summed E-state index contributed by atoms with van der Waals surface area (Å²) in [5.41, 5.74) is 2.28. The Labute approximate surface area is 169 Å². The van der Waals surface area contributed by atoms with Gasteiger partial charge in [0.25, 0.3) is 0 Å². The van der Waals surface area contributed by atoms with Crippen molar-refractivity contribution in [3.63, 3.8) is 0 Å². The molecule has 0 saturated carbocycles. The highest BCUT2D eigenvalue weighted by Crippen LogP contribution is 2.20. The molecule has 1 heterocycles. The predicted molar refractivity (Wildman–Crippen MR) is 113 cm³/mol. The van der Waals surface area contributed by atoms with Crippen LogP contribution in [0.25, 0.3) is 0 Å². The molecule has 1 aliphatic rings. The van der Waals surface area contributed by atoms with Gasteiger partial charge in [0.15, 0.2) is 5.96 Å². The van der Waals surface area contributed by atoms with Crippen LogP contribution in [-0.2, 0) is 16.0 Å². The first-order valence-electron chi connectivity index (χ1n) is 10.1. The second kappa shape index (κ2) is 12.6. The summed E-state index contributed by atoms with van der Waals surface area (Å²) in [4.78, 5) is 6.86. The van der Waals surface area contributed by atoms with Crippen LogP contribution < -0.4 is 15.4 Å². The number of hydrogen-bond acceptors (Lipinski definition) is 5. The molecule has 1 fully saturated rings. The van der Waals surface area contributed by atoms with Gasteiger partial charge in [-0.25, -0.2) is 0 Å². The summed E-state index contributed by atoms with van der Waals surface area (Å²) in [7, 11) is 5.24. The topological polar surface area (TPSA) is 67.4 Å². The molecular formula is C21H36N4O3. The highest BCUT2D eigenvalue weighted by atomic mass is 16.5. The highest BCUT2D eigenvalue weighted by molar-refractivity contribution is 5.79. The molecule has 1 aliphatic heterocycles. The van der Waals surface area contributed by atoms with Crippen molar-refractivity contribution in [2.75, 3.05) is 60.7 Å². The average Bonchev–Trinajstić information content (AvgIpc) is 3.15. The van der Waals surface area contributed by atoms with Crippen LogP contribution in [0, 0.1) is 6.92 Å². The number of aliphatic imine (C=N–C) groups is 1. The van der Waals surface area contributed by atoms with Crippen molar-refractivity contribution in [3.05, 3.63) is 29.3 Å². The van der Waals surface area contributed by atoms with Crippen molar-refractivity contribution >= 4 is 5.96 Å². The second-order valence-corrected chi connectivity index (χ2v) is 7.08. The number of methoxy groups -OCH3 is 2. The SMILES string of the molecule is CN=C(NCc1ccc(C)cc1OCCOC)NCC1CCCN1CCOC. The highest BCUT2D eigenvalue weighted by Gasteiger charge is 2.23. The maximum atomic E-state index is 5.87. The number of rotatable bonds is 11. The molecule has 0 bridgehead atoms. The zero-order valence-electron chi connectivity index (χ0n) is 17.8. The Bertz CT molecular complexity index is 609. The molecule has 0 aliphatic carbocycles. The molecule has 0 spiro atoms. The van der Waals surface area contributed by atoms with Crippen molar-refractivity contribution in [1.82, 2.24) is 15.5 Å². The van der Waals surface area contributed by atoms with E-state index in [0.717, 1.165) is 43.5 Å². The largest absolute Gasteiger partial charge is 0.491 e. The summed E-state index contributed by atoms with van der Waals surface area (Å²) in [5, 5.41) is 6.87. The van der Waals surface area contributed by atoms with Gasteiger partial charge < -0.3 is 24.8 Å². The molecule has 1 unspecified atom stereocenters. The monoisotopic (exact) mass is 392 g/mol. The molecule has 7 heteroatoms. The Hall–Kier alpha value is -1.83. The number of ether oxygens (including phenoxy) is 3. The molecule has 2 N–H and O–H groups in total. The van der Waals surface area contributed by atoms with Crippen molar-refractivity contribution in [1.29, 1.82) is 0 Å². The van der Waals surface area contributed by atoms with Gasteiger partial charge in [-0.3, -0.25) is 9.89 Å². The van der Waals surface area contributed by atoms with Crippen LogP contribution in [-0.4, -0.2) is 77.6 Å². The van der Waals surface area contributed by atoms with Gasteiger partial charge in [-0.2, -0.15) is 0 Å². The van der Waals surface area contributed by atoms with E-state index in [2.05, 4.69) is 45.6 Å². The average molecular weight is 393 g/mol. The normalized spacial score (nSPS) is 17.7. The number of benzene rings is 1. The molecule has 0 aromatic heterocycles. The molecule has 158 valence electrons. The molecule has 1 saturated heterocycles. The van der Waals surface area contributed by atoms with E-state index in [1.807, 2.05) is 0 Å². The molecule has 28 heavy (non-hydrogen) atoms. The summed E-state index contributed by atoms with van der Waals surface area (Å²) in [6, 6.07) is 6.79. The van der Waals surface area contributed by atoms with Crippen LogP contribution >= 0.6 is 0 Å². The molecule has 0 radical (unpaired) electrons. The minimum Gasteiger partial charge on any atom is -0.491 e. The van der Waals surface area contributed by atoms with Gasteiger partial charge in [-0.05, 0) is 37.9 Å². The van der Waals surface area contributed by atoms with Crippen molar-refractivity contribution < 1.29 is 14.2 Å². The molecule has 1 aromatic rings. The molecule has 7 nitrogen and oxygen atoms in total. The van der Waals surface area contributed by atoms with Crippen LogP contribution in [0.1, 0.15) is 24.0 Å². The molecule has 0 amide bonds. The molecular weight excluding hydrogens is 356 g/mol. The summed E-state index contributed by atoms with van der Waals surface area (Å²) >= 11 is 0. The fraction of sp³-hybridized carbons (Fsp3) is 0.667. The second-order valence-electron chi connectivity index (χ2n) is 7.08. The number of nitrogens with one attached hydrogen (secondary N) is 2. The van der Waals surface area contributed by atoms with Gasteiger partial charge in [-0.15, -0.1) is 0 Å². The van der Waals surface area contributed by atoms with Crippen molar-refractivity contribution in [2.24, 2.45) is 4.99 Å². The van der Waals surface area contributed by atoms with Crippen LogP contribution in [0.2, 0.25) is 0 Å². The van der Waals surface area contributed by atoms with Crippen LogP contribution in [0.4, 0.5) is 0 Å². The maximum Gasteiger partial charge on any atom is 0.191 e. The lowest BCUT2D eigenvalue weighted by molar-refractivity contribution is 0.141. The van der Waals surface area contributed by atoms with Crippen LogP contribution in [0.3, 0.4) is 0 Å². The predicted octanol–water partition coefficient (Wildman–Crippen LogP) is 1.80. The Balaban J connectivity index is 1.85. The summed E-state index contributed by atoms with van der Waals surface area (Å²) in [6.07, 6.45) is 2.46. The minimum atomic E-state index is 0.529. The number of likely N-dealkylation sites (tertiary alicyclic amines) is 1. The lowest BCUT2D eigenvalue weighted by Gasteiger charge is -2.25. The third-order valence-corrected chi connectivity index (χ3v) is 5.02. The van der Waals surface area contributed by atoms with E-state index < -0.39 is 0 Å². The number of aryl methyl sites for hydroxylation is 1. The van der Waals surface area contributed by atoms with Gasteiger partial charge in [0, 0.05) is 52.5 Å². The lowest BCUT2D eigenvalue weighted by Crippen LogP contribution is -2.45. The van der Waals surface area contributed by atoms with E-state index in [1.165, 1.54) is 18.4 Å². The molecule has 2 rings (SSSR count). The minimum absolute atomic E-state index is 0.529. The first kappa shape index (κ1) is 22.5. The zero-order chi connectivity index (χ0) is 20.2. The van der Waals surface area contributed by atoms with Crippen LogP contribution in [0.5, 0.6) is 5.75 Å². The first-order valence-corrected chi connectivity index (χ1v) is 10.1. The van der Waals surface area contributed by atoms with Gasteiger partial charge in [0.2, 0.25) is 0 Å². The van der Waals surface area contributed by atoms with E-state index in [9.17, 15) is 0 Å². The fourth-order valence-electron chi connectivity index (χ4n) is 3.42. The Kier molecular flexibility index (Phi) is 10.1. The quantitative estimate of drug-likeness (QED) is 0.340. The third-order valence-electron chi connectivity index (χ3n) is 5.02. The number of nitrogens with zero attached hydrogens (tertiary/aromatic N) is 2. The van der Waals surface area contributed by atoms with E-state index >= 15 is 0 Å². The smallest absolute Gasteiger partial charge is 0.191 e. The zero-order valence-corrected chi connectivity index (χ0v) is 17.8. The number of hydrogen-bond donors (Lipinski definition) is 2. The standard InChI is InChI=1S/C21H36N4O3/c1-17-7-8-18(20(14-17)28-13-12-27-4)15-23-21(22-2)24-16-19-6-5-9-25(19)10-11-26-3/h7-8,14,19H,5-6,9-13,15-16H2,1-4H3,(H2,22,23,24). The third kappa shape index (κ3) is 7.30. The summed E-state index contributed by atoms with van der Waals surface area (Å²) < 4.78 is 16.2. The van der Waals surface area contributed by atoms with Crippen LogP contribution in [0.15, 0.2) is 23.2 Å². The lowest BCUT2D eigenvalue weighted by atomic mass is 10.1. The maximum absolute atomic E-state index is 5.87. The van der Waals surface area contributed by atoms with Crippen molar-refractivity contribution in [2.45, 2.75) is 32.4 Å². The van der Waals surface area contributed by atoms with E-state index in [0.29, 0.717) is 25.8 Å². The number of guanidine groups is 1. The first-order chi connectivity index (χ1) is 13.7. The summed E-state index contributed by atoms with van der Waals surface area (Å²) in [6.45, 7) is 7.63. The van der Waals surface area contributed by atoms with Gasteiger partial charge >= 0.3 is 0 Å². The van der Waals surface area contributed by atoms with Gasteiger partial charge in [-0.1, -0.05) is 12.1 Å². The summed E-state index contributed by atoms with van der Waals surface area (Å²) in [5.74, 6) is 1.70. The van der Waals surface area contributed by atoms with E-state index in [4.69, 9.17) is 14.2 Å². The Morgan fingerprint density at radius 3 is 2.75 bits per heavy atom. The molecule has 1 aromatic carbocycles. The van der Waals surface area contributed by atoms with Gasteiger partial charge in [0.1, 0.15) is 12.4 Å². The van der Waals surface area contributed by atoms with Gasteiger partial charge in [0.05, 0.1) is 13.2 Å². The Morgan fingerprint density at radius 2 is 2.00 bits per heavy atom. The fourth-order valence-corrected chi connectivity index (χ4v) is 3.42. The van der Waals surface area contributed by atoms with E-state index in [-0.39, 0.29) is 0 Å². The van der Waals surface area contributed by atoms with E-state index in [1.54, 1.807) is 21.3 Å². The molecule has 1 atom stereocenters. The van der Waals surface area contributed by atoms with Crippen molar-refractivity contribution in [3.8, 4) is 5.75 Å². The Morgan fingerprint density at radius 1 is 1.18 bits per heavy atom.